The average Bonchev–Trinajstić information content (AvgIpc) is 3.27. The number of aromatic nitrogens is 4. The smallest absolute Gasteiger partial charge is 0.260 e. The quantitative estimate of drug-likeness (QED) is 0.570. The van der Waals surface area contributed by atoms with Gasteiger partial charge in [0.05, 0.1) is 25.3 Å². The monoisotopic (exact) mass is 408 g/mol. The van der Waals surface area contributed by atoms with Crippen LogP contribution in [0.25, 0.3) is 11.5 Å². The third-order valence-electron chi connectivity index (χ3n) is 5.18. The lowest BCUT2D eigenvalue weighted by molar-refractivity contribution is 0.102. The van der Waals surface area contributed by atoms with Gasteiger partial charge < -0.3 is 25.0 Å². The summed E-state index contributed by atoms with van der Waals surface area (Å²) in [6, 6.07) is 8.90. The maximum Gasteiger partial charge on any atom is 0.260 e. The molecule has 3 heterocycles. The fraction of sp³-hybridized carbons (Fsp3) is 0.333. The molecule has 3 aromatic rings. The summed E-state index contributed by atoms with van der Waals surface area (Å²) in [4.78, 5) is 17.5. The zero-order valence-corrected chi connectivity index (χ0v) is 16.9. The number of hydrogen-bond donors (Lipinski definition) is 3. The maximum absolute atomic E-state index is 13.0. The Bertz CT molecular complexity index is 1060. The van der Waals surface area contributed by atoms with Gasteiger partial charge in [0.2, 0.25) is 0 Å². The molecule has 0 spiro atoms. The predicted octanol–water partition coefficient (Wildman–Crippen LogP) is 1.80. The highest BCUT2D eigenvalue weighted by Gasteiger charge is 2.19. The maximum atomic E-state index is 13.0. The van der Waals surface area contributed by atoms with Crippen LogP contribution in [0.1, 0.15) is 34.5 Å². The van der Waals surface area contributed by atoms with Crippen molar-refractivity contribution in [2.24, 2.45) is 0 Å². The number of benzene rings is 1. The van der Waals surface area contributed by atoms with Crippen molar-refractivity contribution in [1.82, 2.24) is 25.1 Å². The van der Waals surface area contributed by atoms with Crippen molar-refractivity contribution in [3.05, 3.63) is 53.3 Å². The minimum Gasteiger partial charge on any atom is -0.496 e. The van der Waals surface area contributed by atoms with Crippen LogP contribution in [0.4, 0.5) is 5.82 Å². The lowest BCUT2D eigenvalue weighted by atomic mass is 9.97. The molecule has 1 atom stereocenters. The van der Waals surface area contributed by atoms with Crippen LogP contribution < -0.4 is 15.4 Å². The first-order chi connectivity index (χ1) is 14.6. The summed E-state index contributed by atoms with van der Waals surface area (Å²) < 4.78 is 7.20. The first-order valence-electron chi connectivity index (χ1n) is 9.80. The Hall–Kier alpha value is -3.30. The Kier molecular flexibility index (Phi) is 5.73. The Morgan fingerprint density at radius 2 is 2.23 bits per heavy atom. The second-order valence-corrected chi connectivity index (χ2v) is 7.20. The van der Waals surface area contributed by atoms with Gasteiger partial charge >= 0.3 is 0 Å². The second-order valence-electron chi connectivity index (χ2n) is 7.20. The number of carbonyl (C=O) groups excluding carboxylic acids is 1. The van der Waals surface area contributed by atoms with Gasteiger partial charge in [-0.25, -0.2) is 4.98 Å². The minimum atomic E-state index is -0.296. The molecule has 1 amide bonds. The molecule has 1 aliphatic heterocycles. The summed E-state index contributed by atoms with van der Waals surface area (Å²) in [7, 11) is 1.56. The molecule has 2 aromatic heterocycles. The van der Waals surface area contributed by atoms with Gasteiger partial charge in [0.25, 0.3) is 5.91 Å². The van der Waals surface area contributed by atoms with Crippen molar-refractivity contribution < 1.29 is 14.6 Å². The molecule has 9 nitrogen and oxygen atoms in total. The number of carbonyl (C=O) groups is 1. The van der Waals surface area contributed by atoms with E-state index in [9.17, 15) is 9.90 Å². The predicted molar refractivity (Wildman–Crippen MR) is 111 cm³/mol. The number of aliphatic hydroxyl groups is 1. The number of pyridine rings is 1. The van der Waals surface area contributed by atoms with E-state index in [1.807, 2.05) is 19.1 Å². The Labute approximate surface area is 174 Å². The normalized spacial score (nSPS) is 14.1. The number of amides is 1. The highest BCUT2D eigenvalue weighted by atomic mass is 16.5. The van der Waals surface area contributed by atoms with E-state index >= 15 is 0 Å². The lowest BCUT2D eigenvalue weighted by Gasteiger charge is -2.20. The summed E-state index contributed by atoms with van der Waals surface area (Å²) in [6.45, 7) is 3.45. The number of rotatable bonds is 6. The van der Waals surface area contributed by atoms with Crippen LogP contribution in [0.15, 0.2) is 36.7 Å². The topological polar surface area (TPSA) is 114 Å². The lowest BCUT2D eigenvalue weighted by Crippen LogP contribution is -2.24. The summed E-state index contributed by atoms with van der Waals surface area (Å²) in [5.41, 5.74) is 3.30. The van der Waals surface area contributed by atoms with E-state index in [4.69, 9.17) is 4.74 Å². The number of fused-ring (bicyclic) bond motifs is 1. The minimum absolute atomic E-state index is 0.0472. The van der Waals surface area contributed by atoms with Crippen LogP contribution >= 0.6 is 0 Å². The van der Waals surface area contributed by atoms with Gasteiger partial charge in [-0.3, -0.25) is 4.79 Å². The van der Waals surface area contributed by atoms with Crippen molar-refractivity contribution in [3.8, 4) is 17.3 Å². The van der Waals surface area contributed by atoms with E-state index in [-0.39, 0.29) is 18.6 Å². The Morgan fingerprint density at radius 1 is 1.37 bits per heavy atom. The average molecular weight is 408 g/mol. The molecule has 0 bridgehead atoms. The van der Waals surface area contributed by atoms with E-state index < -0.39 is 0 Å². The molecule has 1 unspecified atom stereocenters. The summed E-state index contributed by atoms with van der Waals surface area (Å²) in [5, 5.41) is 23.6. The Balaban J connectivity index is 1.61. The van der Waals surface area contributed by atoms with E-state index in [1.54, 1.807) is 36.2 Å². The molecule has 3 N–H and O–H groups in total. The van der Waals surface area contributed by atoms with Crippen molar-refractivity contribution >= 4 is 11.7 Å². The van der Waals surface area contributed by atoms with Gasteiger partial charge in [-0.15, -0.1) is 10.2 Å². The molecule has 0 saturated carbocycles. The summed E-state index contributed by atoms with van der Waals surface area (Å²) in [5.74, 6) is 1.16. The van der Waals surface area contributed by atoms with E-state index in [0.717, 1.165) is 25.1 Å². The van der Waals surface area contributed by atoms with E-state index in [2.05, 4.69) is 25.8 Å². The molecule has 0 aliphatic carbocycles. The largest absolute Gasteiger partial charge is 0.496 e. The number of nitrogens with zero attached hydrogens (tertiary/aromatic N) is 4. The zero-order chi connectivity index (χ0) is 21.1. The molecule has 0 fully saturated rings. The molecule has 4 rings (SSSR count). The van der Waals surface area contributed by atoms with Gasteiger partial charge in [0.15, 0.2) is 5.82 Å². The highest BCUT2D eigenvalue weighted by molar-refractivity contribution is 6.06. The van der Waals surface area contributed by atoms with Crippen molar-refractivity contribution in [2.45, 2.75) is 25.9 Å². The highest BCUT2D eigenvalue weighted by Crippen LogP contribution is 2.27. The first-order valence-corrected chi connectivity index (χ1v) is 9.80. The molecule has 0 radical (unpaired) electrons. The third kappa shape index (κ3) is 3.89. The fourth-order valence-corrected chi connectivity index (χ4v) is 3.51. The van der Waals surface area contributed by atoms with E-state index in [0.29, 0.717) is 28.6 Å². The number of aliphatic hydroxyl groups excluding tert-OH is 1. The summed E-state index contributed by atoms with van der Waals surface area (Å²) in [6.07, 6.45) is 2.46. The van der Waals surface area contributed by atoms with Crippen molar-refractivity contribution in [1.29, 1.82) is 0 Å². The van der Waals surface area contributed by atoms with Gasteiger partial charge in [-0.2, -0.15) is 0 Å². The fourth-order valence-electron chi connectivity index (χ4n) is 3.51. The van der Waals surface area contributed by atoms with Crippen LogP contribution in [-0.4, -0.2) is 51.0 Å². The number of methoxy groups -OCH3 is 1. The number of anilines is 1. The van der Waals surface area contributed by atoms with Crippen LogP contribution in [0.2, 0.25) is 0 Å². The van der Waals surface area contributed by atoms with Crippen molar-refractivity contribution in [3.63, 3.8) is 0 Å². The van der Waals surface area contributed by atoms with E-state index in [1.165, 1.54) is 5.56 Å². The van der Waals surface area contributed by atoms with Crippen molar-refractivity contribution in [2.75, 3.05) is 25.6 Å². The zero-order valence-electron chi connectivity index (χ0n) is 16.9. The van der Waals surface area contributed by atoms with Crippen LogP contribution in [-0.2, 0) is 13.0 Å². The SMILES string of the molecule is COc1cc2c(cc1C(=O)Nc1cccc(-c3nncn3C(C)CO)n1)CNCC2. The van der Waals surface area contributed by atoms with Crippen LogP contribution in [0, 0.1) is 0 Å². The first kappa shape index (κ1) is 20.0. The molecule has 9 heteroatoms. The van der Waals surface area contributed by atoms with Crippen LogP contribution in [0.5, 0.6) is 5.75 Å². The number of hydrogen-bond acceptors (Lipinski definition) is 7. The van der Waals surface area contributed by atoms with Gasteiger partial charge in [-0.05, 0) is 55.3 Å². The Morgan fingerprint density at radius 3 is 3.03 bits per heavy atom. The standard InChI is InChI=1S/C21H24N6O3/c1-13(11-28)27-12-23-26-20(27)17-4-3-5-19(24-17)25-21(29)16-8-15-10-22-7-6-14(15)9-18(16)30-2/h3-5,8-9,12-13,22,28H,6-7,10-11H2,1-2H3,(H,24,25,29). The van der Waals surface area contributed by atoms with Gasteiger partial charge in [0, 0.05) is 6.54 Å². The number of ether oxygens (including phenoxy) is 1. The second kappa shape index (κ2) is 8.60. The molecular formula is C21H24N6O3. The molecule has 1 aromatic carbocycles. The third-order valence-corrected chi connectivity index (χ3v) is 5.18. The molecular weight excluding hydrogens is 384 g/mol. The van der Waals surface area contributed by atoms with Gasteiger partial charge in [-0.1, -0.05) is 6.07 Å². The molecule has 1 aliphatic rings. The molecule has 30 heavy (non-hydrogen) atoms. The number of nitrogens with one attached hydrogen (secondary N) is 2. The van der Waals surface area contributed by atoms with Gasteiger partial charge in [0.1, 0.15) is 23.6 Å². The molecule has 156 valence electrons. The molecule has 0 saturated heterocycles. The summed E-state index contributed by atoms with van der Waals surface area (Å²) >= 11 is 0. The van der Waals surface area contributed by atoms with Crippen LogP contribution in [0.3, 0.4) is 0 Å².